The van der Waals surface area contributed by atoms with Crippen molar-refractivity contribution in [2.24, 2.45) is 0 Å². The van der Waals surface area contributed by atoms with Crippen LogP contribution in [0.2, 0.25) is 0 Å². The number of anilines is 1. The molecule has 28 heavy (non-hydrogen) atoms. The van der Waals surface area contributed by atoms with Crippen molar-refractivity contribution in [3.05, 3.63) is 34.0 Å². The van der Waals surface area contributed by atoms with Crippen LogP contribution in [0.1, 0.15) is 37.8 Å². The fourth-order valence-corrected chi connectivity index (χ4v) is 4.26. The number of benzene rings is 1. The van der Waals surface area contributed by atoms with E-state index >= 15 is 0 Å². The van der Waals surface area contributed by atoms with Crippen molar-refractivity contribution < 1.29 is 23.5 Å². The van der Waals surface area contributed by atoms with Crippen molar-refractivity contribution in [2.75, 3.05) is 24.6 Å². The minimum Gasteiger partial charge on any atom is -0.464 e. The highest BCUT2D eigenvalue weighted by atomic mass is 32.2. The van der Waals surface area contributed by atoms with E-state index in [0.29, 0.717) is 11.3 Å². The van der Waals surface area contributed by atoms with Crippen LogP contribution < -0.4 is 4.90 Å². The minimum absolute atomic E-state index is 0.164. The molecule has 2 amide bonds. The molecule has 150 valence electrons. The smallest absolute Gasteiger partial charge is 0.329 e. The molecule has 1 aromatic rings. The maximum absolute atomic E-state index is 14.6. The highest BCUT2D eigenvalue weighted by Gasteiger charge is 2.41. The van der Waals surface area contributed by atoms with E-state index < -0.39 is 23.2 Å². The van der Waals surface area contributed by atoms with Gasteiger partial charge in [-0.1, -0.05) is 0 Å². The molecule has 2 aliphatic heterocycles. The van der Waals surface area contributed by atoms with Crippen molar-refractivity contribution >= 4 is 40.6 Å². The Bertz CT molecular complexity index is 849. The van der Waals surface area contributed by atoms with Crippen LogP contribution in [0.5, 0.6) is 0 Å². The Labute approximate surface area is 167 Å². The number of hydrogen-bond acceptors (Lipinski definition) is 6. The summed E-state index contributed by atoms with van der Waals surface area (Å²) < 4.78 is 19.5. The third-order valence-corrected chi connectivity index (χ3v) is 5.79. The summed E-state index contributed by atoms with van der Waals surface area (Å²) in [4.78, 5) is 39.9. The summed E-state index contributed by atoms with van der Waals surface area (Å²) in [5, 5.41) is -0.538. The highest BCUT2D eigenvalue weighted by Crippen LogP contribution is 2.35. The third kappa shape index (κ3) is 3.92. The number of amides is 2. The van der Waals surface area contributed by atoms with Gasteiger partial charge in [-0.25, -0.2) is 9.18 Å². The number of carbonyl (C=O) groups excluding carboxylic acids is 3. The lowest BCUT2D eigenvalue weighted by Gasteiger charge is -2.20. The molecule has 0 saturated carbocycles. The molecule has 2 heterocycles. The van der Waals surface area contributed by atoms with Gasteiger partial charge in [0, 0.05) is 13.1 Å². The van der Waals surface area contributed by atoms with Crippen LogP contribution in [0, 0.1) is 12.7 Å². The van der Waals surface area contributed by atoms with Crippen LogP contribution in [0.25, 0.3) is 6.08 Å². The van der Waals surface area contributed by atoms with Gasteiger partial charge in [0.15, 0.2) is 0 Å². The number of carbonyl (C=O) groups is 3. The second-order valence-corrected chi connectivity index (χ2v) is 7.83. The van der Waals surface area contributed by atoms with Gasteiger partial charge in [0.05, 0.1) is 17.2 Å². The second-order valence-electron chi connectivity index (χ2n) is 6.83. The number of hydrogen-bond donors (Lipinski definition) is 0. The van der Waals surface area contributed by atoms with Crippen molar-refractivity contribution in [2.45, 2.75) is 39.7 Å². The fourth-order valence-electron chi connectivity index (χ4n) is 3.36. The Morgan fingerprint density at radius 3 is 2.64 bits per heavy atom. The van der Waals surface area contributed by atoms with Gasteiger partial charge in [-0.2, -0.15) is 0 Å². The number of rotatable bonds is 5. The molecule has 3 rings (SSSR count). The van der Waals surface area contributed by atoms with Gasteiger partial charge in [0.2, 0.25) is 0 Å². The summed E-state index contributed by atoms with van der Waals surface area (Å²) in [6, 6.07) is 2.16. The number of imide groups is 1. The minimum atomic E-state index is -1.01. The van der Waals surface area contributed by atoms with Crippen molar-refractivity contribution in [1.82, 2.24) is 4.90 Å². The average Bonchev–Trinajstić information content (AvgIpc) is 3.26. The zero-order valence-corrected chi connectivity index (χ0v) is 17.0. The molecule has 0 radical (unpaired) electrons. The molecule has 2 saturated heterocycles. The molecule has 8 heteroatoms. The summed E-state index contributed by atoms with van der Waals surface area (Å²) in [6.07, 6.45) is 3.60. The molecule has 6 nitrogen and oxygen atoms in total. The van der Waals surface area contributed by atoms with E-state index in [1.807, 2.05) is 11.8 Å². The van der Waals surface area contributed by atoms with Crippen LogP contribution in [-0.4, -0.2) is 47.8 Å². The Morgan fingerprint density at radius 2 is 2.00 bits per heavy atom. The summed E-state index contributed by atoms with van der Waals surface area (Å²) in [5.41, 5.74) is 1.92. The standard InChI is InChI=1S/C20H23FN2O4S/c1-4-27-19(25)13(3)23-18(24)17(28-20(23)26)11-14-10-15(21)16(9-12(14)2)22-7-5-6-8-22/h9-11,13H,4-8H2,1-3H3/b17-11+/t13-/m1/s1. The van der Waals surface area contributed by atoms with Gasteiger partial charge in [0.1, 0.15) is 11.9 Å². The van der Waals surface area contributed by atoms with E-state index in [1.54, 1.807) is 13.0 Å². The van der Waals surface area contributed by atoms with Crippen molar-refractivity contribution in [3.63, 3.8) is 0 Å². The van der Waals surface area contributed by atoms with Crippen LogP contribution in [0.3, 0.4) is 0 Å². The Hall–Kier alpha value is -2.35. The highest BCUT2D eigenvalue weighted by molar-refractivity contribution is 8.18. The van der Waals surface area contributed by atoms with Crippen molar-refractivity contribution in [1.29, 1.82) is 0 Å². The van der Waals surface area contributed by atoms with Gasteiger partial charge < -0.3 is 9.64 Å². The first kappa shape index (κ1) is 20.4. The molecule has 0 unspecified atom stereocenters. The molecule has 0 spiro atoms. The first-order chi connectivity index (χ1) is 13.3. The predicted molar refractivity (Wildman–Crippen MR) is 106 cm³/mol. The first-order valence-corrected chi connectivity index (χ1v) is 10.1. The Kier molecular flexibility index (Phi) is 6.07. The van der Waals surface area contributed by atoms with Gasteiger partial charge in [-0.05, 0) is 74.7 Å². The molecule has 0 bridgehead atoms. The van der Waals surface area contributed by atoms with E-state index in [-0.39, 0.29) is 17.3 Å². The lowest BCUT2D eigenvalue weighted by Crippen LogP contribution is -2.42. The van der Waals surface area contributed by atoms with Crippen LogP contribution in [0.15, 0.2) is 17.0 Å². The number of halogens is 1. The average molecular weight is 406 g/mol. The fraction of sp³-hybridized carbons (Fsp3) is 0.450. The lowest BCUT2D eigenvalue weighted by molar-refractivity contribution is -0.150. The van der Waals surface area contributed by atoms with E-state index in [0.717, 1.165) is 48.2 Å². The quantitative estimate of drug-likeness (QED) is 0.548. The summed E-state index contributed by atoms with van der Waals surface area (Å²) in [6.45, 7) is 6.78. The number of nitrogens with zero attached hydrogens (tertiary/aromatic N) is 2. The molecule has 0 aromatic heterocycles. The van der Waals surface area contributed by atoms with Gasteiger partial charge in [-0.3, -0.25) is 14.5 Å². The zero-order chi connectivity index (χ0) is 20.4. The Balaban J connectivity index is 1.85. The van der Waals surface area contributed by atoms with Gasteiger partial charge in [-0.15, -0.1) is 0 Å². The number of aryl methyl sites for hydroxylation is 1. The van der Waals surface area contributed by atoms with Crippen LogP contribution >= 0.6 is 11.8 Å². The third-order valence-electron chi connectivity index (χ3n) is 4.91. The monoisotopic (exact) mass is 406 g/mol. The van der Waals surface area contributed by atoms with Crippen molar-refractivity contribution in [3.8, 4) is 0 Å². The van der Waals surface area contributed by atoms with E-state index in [1.165, 1.54) is 19.1 Å². The number of esters is 1. The van der Waals surface area contributed by atoms with E-state index in [9.17, 15) is 18.8 Å². The zero-order valence-electron chi connectivity index (χ0n) is 16.2. The molecule has 2 fully saturated rings. The van der Waals surface area contributed by atoms with Gasteiger partial charge >= 0.3 is 5.97 Å². The lowest BCUT2D eigenvalue weighted by atomic mass is 10.1. The first-order valence-electron chi connectivity index (χ1n) is 9.32. The van der Waals surface area contributed by atoms with Gasteiger partial charge in [0.25, 0.3) is 11.1 Å². The summed E-state index contributed by atoms with van der Waals surface area (Å²) in [7, 11) is 0. The van der Waals surface area contributed by atoms with E-state index in [4.69, 9.17) is 4.74 Å². The van der Waals surface area contributed by atoms with Crippen LogP contribution in [0.4, 0.5) is 14.9 Å². The molecule has 2 aliphatic rings. The predicted octanol–water partition coefficient (Wildman–Crippen LogP) is 3.72. The SMILES string of the molecule is CCOC(=O)[C@@H](C)N1C(=O)S/C(=C/c2cc(F)c(N3CCCC3)cc2C)C1=O. The summed E-state index contributed by atoms with van der Waals surface area (Å²) in [5.74, 6) is -1.56. The Morgan fingerprint density at radius 1 is 1.32 bits per heavy atom. The molecular weight excluding hydrogens is 383 g/mol. The molecule has 1 aromatic carbocycles. The largest absolute Gasteiger partial charge is 0.464 e. The number of thioether (sulfide) groups is 1. The summed E-state index contributed by atoms with van der Waals surface area (Å²) >= 11 is 0.742. The van der Waals surface area contributed by atoms with E-state index in [2.05, 4.69) is 0 Å². The second kappa shape index (κ2) is 8.34. The molecular formula is C20H23FN2O4S. The molecule has 0 aliphatic carbocycles. The number of ether oxygens (including phenoxy) is 1. The van der Waals surface area contributed by atoms with Crippen LogP contribution in [-0.2, 0) is 14.3 Å². The molecule has 1 atom stereocenters. The maximum Gasteiger partial charge on any atom is 0.329 e. The topological polar surface area (TPSA) is 66.9 Å². The normalized spacial score (nSPS) is 19.6. The maximum atomic E-state index is 14.6. The molecule has 0 N–H and O–H groups in total.